The molecule has 0 N–H and O–H groups in total. The van der Waals surface area contributed by atoms with Gasteiger partial charge in [0.25, 0.3) is 0 Å². The van der Waals surface area contributed by atoms with Crippen LogP contribution in [0.15, 0.2) is 16.6 Å². The van der Waals surface area contributed by atoms with Gasteiger partial charge >= 0.3 is 0 Å². The summed E-state index contributed by atoms with van der Waals surface area (Å²) in [6.07, 6.45) is 0. The third-order valence-electron chi connectivity index (χ3n) is 2.42. The van der Waals surface area contributed by atoms with Crippen molar-refractivity contribution in [3.05, 3.63) is 28.2 Å². The van der Waals surface area contributed by atoms with Crippen LogP contribution in [0.25, 0.3) is 11.0 Å². The molecule has 0 saturated heterocycles. The molecule has 1 heterocycles. The fourth-order valence-electron chi connectivity index (χ4n) is 1.86. The third kappa shape index (κ3) is 1.67. The lowest BCUT2D eigenvalue weighted by atomic mass is 10.3. The normalized spacial score (nSPS) is 11.6. The molecule has 1 aromatic carbocycles. The molecule has 0 fully saturated rings. The van der Waals surface area contributed by atoms with Crippen molar-refractivity contribution in [1.82, 2.24) is 9.55 Å². The van der Waals surface area contributed by atoms with Crippen LogP contribution >= 0.6 is 15.9 Å². The van der Waals surface area contributed by atoms with E-state index in [1.165, 1.54) is 6.07 Å². The molecule has 2 rings (SSSR count). The summed E-state index contributed by atoms with van der Waals surface area (Å²) < 4.78 is 15.9. The molecule has 0 aliphatic heterocycles. The summed E-state index contributed by atoms with van der Waals surface area (Å²) in [7, 11) is 0. The zero-order chi connectivity index (χ0) is 11.2. The van der Waals surface area contributed by atoms with Crippen LogP contribution < -0.4 is 0 Å². The molecule has 0 saturated carbocycles. The fraction of sp³-hybridized carbons (Fsp3) is 0.364. The zero-order valence-corrected chi connectivity index (χ0v) is 10.5. The second-order valence-corrected chi connectivity index (χ2v) is 4.73. The van der Waals surface area contributed by atoms with Crippen LogP contribution in [0.1, 0.15) is 25.7 Å². The number of hydrogen-bond acceptors (Lipinski definition) is 1. The molecule has 0 amide bonds. The van der Waals surface area contributed by atoms with Crippen LogP contribution in [0.4, 0.5) is 4.39 Å². The Kier molecular flexibility index (Phi) is 2.54. The summed E-state index contributed by atoms with van der Waals surface area (Å²) in [4.78, 5) is 4.40. The second kappa shape index (κ2) is 3.59. The van der Waals surface area contributed by atoms with E-state index >= 15 is 0 Å². The minimum absolute atomic E-state index is 0.246. The number of nitrogens with zero attached hydrogens (tertiary/aromatic N) is 2. The maximum absolute atomic E-state index is 13.4. The number of rotatable bonds is 1. The zero-order valence-electron chi connectivity index (χ0n) is 8.88. The van der Waals surface area contributed by atoms with Crippen molar-refractivity contribution in [1.29, 1.82) is 0 Å². The van der Waals surface area contributed by atoms with E-state index in [0.717, 1.165) is 16.9 Å². The number of hydrogen-bond donors (Lipinski definition) is 0. The Labute approximate surface area is 96.2 Å². The Balaban J connectivity index is 2.81. The van der Waals surface area contributed by atoms with E-state index < -0.39 is 0 Å². The molecule has 80 valence electrons. The minimum atomic E-state index is -0.246. The van der Waals surface area contributed by atoms with Crippen molar-refractivity contribution in [2.75, 3.05) is 0 Å². The van der Waals surface area contributed by atoms with Crippen molar-refractivity contribution in [3.63, 3.8) is 0 Å². The van der Waals surface area contributed by atoms with Gasteiger partial charge in [0.1, 0.15) is 11.6 Å². The summed E-state index contributed by atoms with van der Waals surface area (Å²) in [5.41, 5.74) is 1.68. The molecular formula is C11H12BrFN2. The molecule has 0 aliphatic carbocycles. The Morgan fingerprint density at radius 1 is 1.40 bits per heavy atom. The molecular weight excluding hydrogens is 259 g/mol. The molecule has 1 aromatic heterocycles. The lowest BCUT2D eigenvalue weighted by Gasteiger charge is -2.10. The van der Waals surface area contributed by atoms with E-state index in [1.807, 2.05) is 11.5 Å². The maximum atomic E-state index is 13.4. The van der Waals surface area contributed by atoms with Gasteiger partial charge in [0.2, 0.25) is 0 Å². The van der Waals surface area contributed by atoms with Crippen LogP contribution in [0, 0.1) is 12.7 Å². The lowest BCUT2D eigenvalue weighted by molar-refractivity contribution is 0.594. The Morgan fingerprint density at radius 2 is 2.07 bits per heavy atom. The van der Waals surface area contributed by atoms with Crippen molar-refractivity contribution >= 4 is 27.0 Å². The first-order valence-corrected chi connectivity index (χ1v) is 5.63. The van der Waals surface area contributed by atoms with E-state index in [1.54, 1.807) is 6.07 Å². The first-order valence-electron chi connectivity index (χ1n) is 4.84. The van der Waals surface area contributed by atoms with Crippen LogP contribution in [0.3, 0.4) is 0 Å². The van der Waals surface area contributed by atoms with E-state index in [-0.39, 0.29) is 11.9 Å². The fourth-order valence-corrected chi connectivity index (χ4v) is 2.19. The minimum Gasteiger partial charge on any atom is -0.326 e. The van der Waals surface area contributed by atoms with Gasteiger partial charge in [-0.1, -0.05) is 0 Å². The number of aromatic nitrogens is 2. The number of aryl methyl sites for hydroxylation is 1. The summed E-state index contributed by atoms with van der Waals surface area (Å²) in [6.45, 7) is 6.06. The van der Waals surface area contributed by atoms with Gasteiger partial charge in [-0.05, 0) is 42.8 Å². The van der Waals surface area contributed by atoms with Crippen LogP contribution in [0.5, 0.6) is 0 Å². The van der Waals surface area contributed by atoms with Gasteiger partial charge in [0.05, 0.1) is 15.5 Å². The summed E-state index contributed by atoms with van der Waals surface area (Å²) in [5, 5.41) is 0. The molecule has 0 spiro atoms. The number of halogens is 2. The van der Waals surface area contributed by atoms with Crippen molar-refractivity contribution in [3.8, 4) is 0 Å². The molecule has 0 unspecified atom stereocenters. The SMILES string of the molecule is Cc1nc2cc(Br)c(F)cc2n1C(C)C. The van der Waals surface area contributed by atoms with Gasteiger partial charge < -0.3 is 4.57 Å². The highest BCUT2D eigenvalue weighted by molar-refractivity contribution is 9.10. The molecule has 2 aromatic rings. The molecule has 15 heavy (non-hydrogen) atoms. The maximum Gasteiger partial charge on any atom is 0.139 e. The molecule has 0 atom stereocenters. The van der Waals surface area contributed by atoms with Gasteiger partial charge in [-0.15, -0.1) is 0 Å². The van der Waals surface area contributed by atoms with Gasteiger partial charge in [-0.25, -0.2) is 9.37 Å². The molecule has 0 aliphatic rings. The van der Waals surface area contributed by atoms with Gasteiger partial charge in [-0.2, -0.15) is 0 Å². The number of benzene rings is 1. The number of fused-ring (bicyclic) bond motifs is 1. The lowest BCUT2D eigenvalue weighted by Crippen LogP contribution is -2.02. The van der Waals surface area contributed by atoms with Gasteiger partial charge in [0, 0.05) is 12.1 Å². The topological polar surface area (TPSA) is 17.8 Å². The first-order chi connectivity index (χ1) is 7.00. The van der Waals surface area contributed by atoms with Crippen molar-refractivity contribution < 1.29 is 4.39 Å². The quantitative estimate of drug-likeness (QED) is 0.770. The number of imidazole rings is 1. The molecule has 0 radical (unpaired) electrons. The average molecular weight is 271 g/mol. The van der Waals surface area contributed by atoms with Crippen LogP contribution in [0.2, 0.25) is 0 Å². The molecule has 4 heteroatoms. The van der Waals surface area contributed by atoms with Crippen molar-refractivity contribution in [2.24, 2.45) is 0 Å². The average Bonchev–Trinajstić information content (AvgIpc) is 2.41. The van der Waals surface area contributed by atoms with Gasteiger partial charge in [0.15, 0.2) is 0 Å². The van der Waals surface area contributed by atoms with Crippen LogP contribution in [-0.4, -0.2) is 9.55 Å². The highest BCUT2D eigenvalue weighted by Gasteiger charge is 2.12. The Morgan fingerprint density at radius 3 is 2.67 bits per heavy atom. The predicted molar refractivity (Wildman–Crippen MR) is 62.5 cm³/mol. The molecule has 2 nitrogen and oxygen atoms in total. The monoisotopic (exact) mass is 270 g/mol. The standard InChI is InChI=1S/C11H12BrFN2/c1-6(2)15-7(3)14-10-4-8(12)9(13)5-11(10)15/h4-6H,1-3H3. The summed E-state index contributed by atoms with van der Waals surface area (Å²) in [6, 6.07) is 3.53. The molecule has 0 bridgehead atoms. The Bertz CT molecular complexity index is 517. The highest BCUT2D eigenvalue weighted by Crippen LogP contribution is 2.26. The summed E-state index contributed by atoms with van der Waals surface area (Å²) in [5.74, 6) is 0.668. The van der Waals surface area contributed by atoms with Crippen LogP contribution in [-0.2, 0) is 0 Å². The predicted octanol–water partition coefficient (Wildman–Crippen LogP) is 3.83. The van der Waals surface area contributed by atoms with Crippen molar-refractivity contribution in [2.45, 2.75) is 26.8 Å². The van der Waals surface area contributed by atoms with E-state index in [2.05, 4.69) is 34.8 Å². The largest absolute Gasteiger partial charge is 0.326 e. The van der Waals surface area contributed by atoms with E-state index in [9.17, 15) is 4.39 Å². The Hall–Kier alpha value is -0.900. The second-order valence-electron chi connectivity index (χ2n) is 3.88. The third-order valence-corrected chi connectivity index (χ3v) is 3.03. The highest BCUT2D eigenvalue weighted by atomic mass is 79.9. The first kappa shape index (κ1) is 10.6. The van der Waals surface area contributed by atoms with Gasteiger partial charge in [-0.3, -0.25) is 0 Å². The van der Waals surface area contributed by atoms with E-state index in [0.29, 0.717) is 4.47 Å². The smallest absolute Gasteiger partial charge is 0.139 e. The van der Waals surface area contributed by atoms with E-state index in [4.69, 9.17) is 0 Å². The summed E-state index contributed by atoms with van der Waals surface area (Å²) >= 11 is 3.16.